The van der Waals surface area contributed by atoms with Gasteiger partial charge in [-0.1, -0.05) is 30.3 Å². The van der Waals surface area contributed by atoms with Gasteiger partial charge in [0.05, 0.1) is 39.7 Å². The highest BCUT2D eigenvalue weighted by Crippen LogP contribution is 2.44. The summed E-state index contributed by atoms with van der Waals surface area (Å²) in [7, 11) is 4.85. The number of fused-ring (bicyclic) bond motifs is 5. The molecule has 2 aliphatic rings. The summed E-state index contributed by atoms with van der Waals surface area (Å²) in [5, 5.41) is 3.98. The molecule has 1 saturated heterocycles. The van der Waals surface area contributed by atoms with Crippen molar-refractivity contribution in [1.29, 1.82) is 0 Å². The molecule has 264 valence electrons. The van der Waals surface area contributed by atoms with Gasteiger partial charge in [0.2, 0.25) is 17.6 Å². The molecule has 1 atom stereocenters. The largest absolute Gasteiger partial charge is 0.493 e. The molecular formula is C38H47N7O5. The van der Waals surface area contributed by atoms with E-state index in [0.717, 1.165) is 78.9 Å². The Morgan fingerprint density at radius 1 is 0.980 bits per heavy atom. The molecule has 2 aromatic heterocycles. The Labute approximate surface area is 293 Å². The number of carbonyl (C=O) groups excluding carboxylic acids is 2. The van der Waals surface area contributed by atoms with E-state index in [-0.39, 0.29) is 24.3 Å². The second-order valence-corrected chi connectivity index (χ2v) is 12.9. The standard InChI is InChI=1S/C38H47N7O5/c1-48-33-19-32-31(36(49-2)37(33)50-3)18-29-23-43(24-30-21-39-26-41-30)15-7-8-16-44(35(47)14-13-27-10-5-4-6-11-27)25-34(46)40-20-28-12-9-17-45(22-28)38(29)42-32/h4-6,10-11,13-14,18-19,21,26,28H,7-9,12,15-17,20,22-25H2,1-3H3,(H,39,41)(H,40,46). The minimum Gasteiger partial charge on any atom is -0.493 e. The minimum atomic E-state index is -0.170. The Hall–Kier alpha value is -5.10. The number of piperidine rings is 1. The first kappa shape index (κ1) is 34.8. The molecular weight excluding hydrogens is 634 g/mol. The van der Waals surface area contributed by atoms with Crippen molar-refractivity contribution in [3.8, 4) is 17.2 Å². The van der Waals surface area contributed by atoms with Crippen LogP contribution in [0.15, 0.2) is 61.1 Å². The van der Waals surface area contributed by atoms with Crippen LogP contribution in [-0.2, 0) is 22.7 Å². The maximum absolute atomic E-state index is 13.4. The smallest absolute Gasteiger partial charge is 0.247 e. The van der Waals surface area contributed by atoms with Gasteiger partial charge in [0.25, 0.3) is 0 Å². The van der Waals surface area contributed by atoms with Gasteiger partial charge in [-0.25, -0.2) is 9.97 Å². The number of aromatic nitrogens is 3. The number of carbonyl (C=O) groups is 2. The summed E-state index contributed by atoms with van der Waals surface area (Å²) in [4.78, 5) is 45.8. The number of ether oxygens (including phenoxy) is 3. The number of benzene rings is 2. The highest BCUT2D eigenvalue weighted by Gasteiger charge is 2.27. The van der Waals surface area contributed by atoms with E-state index >= 15 is 0 Å². The number of rotatable bonds is 7. The van der Waals surface area contributed by atoms with Crippen LogP contribution in [0, 0.1) is 5.92 Å². The molecule has 2 bridgehead atoms. The third-order valence-electron chi connectivity index (χ3n) is 9.44. The first-order valence-corrected chi connectivity index (χ1v) is 17.3. The highest BCUT2D eigenvalue weighted by atomic mass is 16.5. The number of hydrogen-bond donors (Lipinski definition) is 2. The van der Waals surface area contributed by atoms with E-state index in [2.05, 4.69) is 31.2 Å². The Balaban J connectivity index is 1.34. The topological polar surface area (TPSA) is 125 Å². The normalized spacial score (nSPS) is 18.1. The average Bonchev–Trinajstić information content (AvgIpc) is 3.66. The van der Waals surface area contributed by atoms with E-state index in [1.54, 1.807) is 44.7 Å². The Morgan fingerprint density at radius 2 is 1.80 bits per heavy atom. The van der Waals surface area contributed by atoms with Gasteiger partial charge in [-0.05, 0) is 55.9 Å². The number of imidazole rings is 1. The third kappa shape index (κ3) is 8.36. The van der Waals surface area contributed by atoms with Gasteiger partial charge in [-0.3, -0.25) is 14.5 Å². The number of pyridine rings is 1. The second kappa shape index (κ2) is 16.5. The van der Waals surface area contributed by atoms with Crippen LogP contribution >= 0.6 is 0 Å². The monoisotopic (exact) mass is 681 g/mol. The van der Waals surface area contributed by atoms with Gasteiger partial charge in [0.1, 0.15) is 5.82 Å². The van der Waals surface area contributed by atoms with Crippen molar-refractivity contribution in [2.24, 2.45) is 5.92 Å². The Morgan fingerprint density at radius 3 is 2.56 bits per heavy atom. The van der Waals surface area contributed by atoms with E-state index in [1.807, 2.05) is 42.6 Å². The number of nitrogens with one attached hydrogen (secondary N) is 2. The number of anilines is 1. The van der Waals surface area contributed by atoms with Gasteiger partial charge >= 0.3 is 0 Å². The lowest BCUT2D eigenvalue weighted by molar-refractivity contribution is -0.132. The van der Waals surface area contributed by atoms with Gasteiger partial charge in [-0.15, -0.1) is 0 Å². The fraction of sp³-hybridized carbons (Fsp3) is 0.421. The molecule has 0 radical (unpaired) electrons. The van der Waals surface area contributed by atoms with Gasteiger partial charge in [0.15, 0.2) is 11.5 Å². The average molecular weight is 682 g/mol. The lowest BCUT2D eigenvalue weighted by Crippen LogP contribution is -2.45. The van der Waals surface area contributed by atoms with E-state index in [4.69, 9.17) is 19.2 Å². The predicted molar refractivity (Wildman–Crippen MR) is 193 cm³/mol. The first-order chi connectivity index (χ1) is 24.4. The number of hydrogen-bond acceptors (Lipinski definition) is 9. The number of H-pyrrole nitrogens is 1. The van der Waals surface area contributed by atoms with Crippen LogP contribution in [0.2, 0.25) is 0 Å². The molecule has 0 saturated carbocycles. The van der Waals surface area contributed by atoms with E-state index < -0.39 is 0 Å². The van der Waals surface area contributed by atoms with E-state index in [1.165, 1.54) is 0 Å². The van der Waals surface area contributed by atoms with Crippen LogP contribution in [0.4, 0.5) is 5.82 Å². The summed E-state index contributed by atoms with van der Waals surface area (Å²) in [5.74, 6) is 2.50. The van der Waals surface area contributed by atoms with Crippen molar-refractivity contribution >= 4 is 34.6 Å². The van der Waals surface area contributed by atoms with Crippen LogP contribution in [0.5, 0.6) is 17.2 Å². The molecule has 1 fully saturated rings. The Kier molecular flexibility index (Phi) is 11.5. The van der Waals surface area contributed by atoms with E-state index in [0.29, 0.717) is 43.4 Å². The SMILES string of the molecule is COc1cc2nc3c(cc2c(OC)c1OC)CN(Cc1cnc[nH]1)CCCCN(C(=O)C=Cc1ccccc1)CC(=O)NCC1CCCN3C1. The number of methoxy groups -OCH3 is 3. The molecule has 1 unspecified atom stereocenters. The summed E-state index contributed by atoms with van der Waals surface area (Å²) in [5.41, 5.74) is 3.78. The van der Waals surface area contributed by atoms with Crippen LogP contribution in [0.3, 0.4) is 0 Å². The van der Waals surface area contributed by atoms with Crippen molar-refractivity contribution in [1.82, 2.24) is 30.1 Å². The highest BCUT2D eigenvalue weighted by molar-refractivity contribution is 5.94. The maximum Gasteiger partial charge on any atom is 0.247 e. The summed E-state index contributed by atoms with van der Waals surface area (Å²) in [6.45, 7) is 4.69. The first-order valence-electron chi connectivity index (χ1n) is 17.3. The molecule has 2 N–H and O–H groups in total. The summed E-state index contributed by atoms with van der Waals surface area (Å²) >= 11 is 0. The molecule has 2 aliphatic heterocycles. The molecule has 0 aliphatic carbocycles. The summed E-state index contributed by atoms with van der Waals surface area (Å²) < 4.78 is 17.3. The number of nitrogens with zero attached hydrogens (tertiary/aromatic N) is 5. The third-order valence-corrected chi connectivity index (χ3v) is 9.44. The lowest BCUT2D eigenvalue weighted by Gasteiger charge is -2.36. The quantitative estimate of drug-likeness (QED) is 0.268. The van der Waals surface area contributed by atoms with E-state index in [9.17, 15) is 9.59 Å². The van der Waals surface area contributed by atoms with Crippen molar-refractivity contribution in [3.05, 3.63) is 77.9 Å². The minimum absolute atomic E-state index is 0.0236. The zero-order chi connectivity index (χ0) is 34.9. The Bertz CT molecular complexity index is 1780. The molecule has 50 heavy (non-hydrogen) atoms. The number of amides is 2. The van der Waals surface area contributed by atoms with Crippen LogP contribution in [0.1, 0.15) is 42.5 Å². The predicted octanol–water partition coefficient (Wildman–Crippen LogP) is 4.65. The molecule has 2 amide bonds. The summed E-state index contributed by atoms with van der Waals surface area (Å²) in [6, 6.07) is 13.8. The van der Waals surface area contributed by atoms with Crippen LogP contribution in [-0.4, -0.2) is 97.2 Å². The van der Waals surface area contributed by atoms with Crippen LogP contribution in [0.25, 0.3) is 17.0 Å². The lowest BCUT2D eigenvalue weighted by atomic mass is 9.97. The van der Waals surface area contributed by atoms with Crippen molar-refractivity contribution < 1.29 is 23.8 Å². The van der Waals surface area contributed by atoms with Crippen molar-refractivity contribution in [2.45, 2.75) is 38.8 Å². The molecule has 12 heteroatoms. The zero-order valence-electron chi connectivity index (χ0n) is 29.2. The van der Waals surface area contributed by atoms with Gasteiger partial charge < -0.3 is 34.3 Å². The molecule has 4 aromatic rings. The van der Waals surface area contributed by atoms with Crippen LogP contribution < -0.4 is 24.4 Å². The fourth-order valence-corrected chi connectivity index (χ4v) is 6.93. The fourth-order valence-electron chi connectivity index (χ4n) is 6.93. The van der Waals surface area contributed by atoms with Crippen molar-refractivity contribution in [2.75, 3.05) is 65.5 Å². The summed E-state index contributed by atoms with van der Waals surface area (Å²) in [6.07, 6.45) is 10.4. The number of aromatic amines is 1. The zero-order valence-corrected chi connectivity index (χ0v) is 29.2. The van der Waals surface area contributed by atoms with Crippen molar-refractivity contribution in [3.63, 3.8) is 0 Å². The second-order valence-electron chi connectivity index (χ2n) is 12.9. The molecule has 6 rings (SSSR count). The molecule has 0 spiro atoms. The molecule has 4 heterocycles. The maximum atomic E-state index is 13.4. The van der Waals surface area contributed by atoms with Gasteiger partial charge in [-0.2, -0.15) is 0 Å². The molecule has 12 nitrogen and oxygen atoms in total. The van der Waals surface area contributed by atoms with Gasteiger partial charge in [0, 0.05) is 74.3 Å². The molecule has 2 aromatic carbocycles.